The van der Waals surface area contributed by atoms with E-state index >= 15 is 0 Å². The van der Waals surface area contributed by atoms with Crippen molar-refractivity contribution in [3.8, 4) is 11.5 Å². The second-order valence-corrected chi connectivity index (χ2v) is 13.4. The standard InChI is InChI=1S/C35H40FNO6/c1-6-42-29-15-22(10-11-28(29)43-20-21-8-7-9-23(36)14-21)31-32-24(16-34(2,3)18-26(32)38)37(13-12-30(40)41)25-17-35(4,5)19-27(39)33(25)31/h7-11,14-15,31H,6,12-13,16-20H2,1-5H3,(H,40,41). The maximum absolute atomic E-state index is 14.0. The lowest BCUT2D eigenvalue weighted by Gasteiger charge is -2.49. The minimum absolute atomic E-state index is 0.0230. The van der Waals surface area contributed by atoms with Crippen molar-refractivity contribution in [2.24, 2.45) is 10.8 Å². The van der Waals surface area contributed by atoms with E-state index in [1.807, 2.05) is 24.0 Å². The average Bonchev–Trinajstić information content (AvgIpc) is 2.89. The van der Waals surface area contributed by atoms with Crippen molar-refractivity contribution >= 4 is 17.5 Å². The number of carboxylic acids is 1. The van der Waals surface area contributed by atoms with Gasteiger partial charge in [0.25, 0.3) is 0 Å². The van der Waals surface area contributed by atoms with Crippen molar-refractivity contribution in [2.75, 3.05) is 13.2 Å². The molecule has 0 radical (unpaired) electrons. The molecule has 0 aromatic heterocycles. The van der Waals surface area contributed by atoms with Gasteiger partial charge in [0.1, 0.15) is 12.4 Å². The molecule has 228 valence electrons. The summed E-state index contributed by atoms with van der Waals surface area (Å²) >= 11 is 0. The highest BCUT2D eigenvalue weighted by Gasteiger charge is 2.49. The molecular weight excluding hydrogens is 549 g/mol. The van der Waals surface area contributed by atoms with Crippen molar-refractivity contribution in [2.45, 2.75) is 79.2 Å². The van der Waals surface area contributed by atoms with Crippen molar-refractivity contribution in [1.82, 2.24) is 4.90 Å². The van der Waals surface area contributed by atoms with E-state index in [0.29, 0.717) is 60.5 Å². The van der Waals surface area contributed by atoms with E-state index in [0.717, 1.165) is 17.0 Å². The van der Waals surface area contributed by atoms with Crippen LogP contribution in [0.15, 0.2) is 65.0 Å². The predicted octanol–water partition coefficient (Wildman–Crippen LogP) is 6.96. The Labute approximate surface area is 252 Å². The number of carbonyl (C=O) groups is 3. The van der Waals surface area contributed by atoms with Gasteiger partial charge in [-0.15, -0.1) is 0 Å². The molecule has 0 amide bonds. The van der Waals surface area contributed by atoms with Crippen LogP contribution < -0.4 is 9.47 Å². The molecule has 0 spiro atoms. The number of benzene rings is 2. The van der Waals surface area contributed by atoms with Gasteiger partial charge in [-0.25, -0.2) is 4.39 Å². The molecule has 0 unspecified atom stereocenters. The summed E-state index contributed by atoms with van der Waals surface area (Å²) < 4.78 is 25.7. The van der Waals surface area contributed by atoms with Crippen molar-refractivity contribution in [1.29, 1.82) is 0 Å². The van der Waals surface area contributed by atoms with E-state index in [9.17, 15) is 23.9 Å². The number of halogens is 1. The molecule has 2 aliphatic carbocycles. The number of Topliss-reactive ketones (excluding diaryl/α,β-unsaturated/α-hetero) is 2. The fourth-order valence-electron chi connectivity index (χ4n) is 6.74. The summed E-state index contributed by atoms with van der Waals surface area (Å²) in [6.07, 6.45) is 1.77. The van der Waals surface area contributed by atoms with Gasteiger partial charge in [-0.3, -0.25) is 14.4 Å². The SMILES string of the molecule is CCOc1cc(C2C3=C(CC(C)(C)CC3=O)N(CCC(=O)O)C3=C2C(=O)CC(C)(C)C3)ccc1OCc1cccc(F)c1. The van der Waals surface area contributed by atoms with Crippen molar-refractivity contribution in [3.05, 3.63) is 81.9 Å². The molecule has 3 aliphatic rings. The summed E-state index contributed by atoms with van der Waals surface area (Å²) in [4.78, 5) is 41.6. The normalized spacial score (nSPS) is 19.7. The lowest BCUT2D eigenvalue weighted by Crippen LogP contribution is -2.45. The van der Waals surface area contributed by atoms with Crippen molar-refractivity contribution in [3.63, 3.8) is 0 Å². The summed E-state index contributed by atoms with van der Waals surface area (Å²) in [5.74, 6) is -0.954. The molecule has 43 heavy (non-hydrogen) atoms. The Bertz CT molecular complexity index is 1480. The number of ketones is 2. The summed E-state index contributed by atoms with van der Waals surface area (Å²) in [5.41, 5.74) is 3.61. The van der Waals surface area contributed by atoms with E-state index < -0.39 is 11.9 Å². The molecule has 2 aromatic carbocycles. The Morgan fingerprint density at radius 2 is 1.53 bits per heavy atom. The Balaban J connectivity index is 1.63. The lowest BCUT2D eigenvalue weighted by atomic mass is 9.63. The van der Waals surface area contributed by atoms with Gasteiger partial charge in [0.05, 0.1) is 13.0 Å². The Kier molecular flexibility index (Phi) is 8.25. The quantitative estimate of drug-likeness (QED) is 0.338. The fraction of sp³-hybridized carbons (Fsp3) is 0.457. The largest absolute Gasteiger partial charge is 0.490 e. The first kappa shape index (κ1) is 30.5. The molecule has 7 nitrogen and oxygen atoms in total. The lowest BCUT2D eigenvalue weighted by molar-refractivity contribution is -0.137. The molecule has 0 bridgehead atoms. The van der Waals surface area contributed by atoms with E-state index in [1.165, 1.54) is 12.1 Å². The maximum Gasteiger partial charge on any atom is 0.305 e. The highest BCUT2D eigenvalue weighted by atomic mass is 19.1. The molecule has 2 aromatic rings. The van der Waals surface area contributed by atoms with Crippen LogP contribution in [-0.2, 0) is 21.0 Å². The zero-order chi connectivity index (χ0) is 31.1. The van der Waals surface area contributed by atoms with Crippen LogP contribution in [0.3, 0.4) is 0 Å². The monoisotopic (exact) mass is 589 g/mol. The van der Waals surface area contributed by atoms with Gasteiger partial charge in [-0.1, -0.05) is 45.9 Å². The molecule has 0 atom stereocenters. The van der Waals surface area contributed by atoms with E-state index in [2.05, 4.69) is 27.7 Å². The van der Waals surface area contributed by atoms with E-state index in [-0.39, 0.29) is 47.8 Å². The Morgan fingerprint density at radius 1 is 0.907 bits per heavy atom. The first-order valence-corrected chi connectivity index (χ1v) is 14.9. The predicted molar refractivity (Wildman–Crippen MR) is 160 cm³/mol. The third kappa shape index (κ3) is 6.38. The van der Waals surface area contributed by atoms with Crippen LogP contribution in [0.5, 0.6) is 11.5 Å². The molecule has 1 N–H and O–H groups in total. The van der Waals surface area contributed by atoms with Gasteiger partial charge in [0.15, 0.2) is 23.1 Å². The van der Waals surface area contributed by atoms with Crippen LogP contribution in [0.2, 0.25) is 0 Å². The van der Waals surface area contributed by atoms with E-state index in [1.54, 1.807) is 18.2 Å². The van der Waals surface area contributed by atoms with Gasteiger partial charge < -0.3 is 19.5 Å². The number of hydrogen-bond acceptors (Lipinski definition) is 6. The average molecular weight is 590 g/mol. The Morgan fingerprint density at radius 3 is 2.09 bits per heavy atom. The molecule has 0 fully saturated rings. The van der Waals surface area contributed by atoms with Crippen LogP contribution in [0.4, 0.5) is 4.39 Å². The summed E-state index contributed by atoms with van der Waals surface area (Å²) in [6, 6.07) is 11.7. The molecule has 0 saturated heterocycles. The third-order valence-electron chi connectivity index (χ3n) is 8.46. The second kappa shape index (κ2) is 11.6. The van der Waals surface area contributed by atoms with Crippen LogP contribution in [0.1, 0.15) is 83.8 Å². The van der Waals surface area contributed by atoms with Crippen LogP contribution in [0, 0.1) is 16.6 Å². The smallest absolute Gasteiger partial charge is 0.305 e. The topological polar surface area (TPSA) is 93.1 Å². The minimum atomic E-state index is -0.926. The summed E-state index contributed by atoms with van der Waals surface area (Å²) in [5, 5.41) is 9.58. The van der Waals surface area contributed by atoms with Gasteiger partial charge in [0, 0.05) is 47.8 Å². The zero-order valence-electron chi connectivity index (χ0n) is 25.6. The Hall–Kier alpha value is -3.94. The van der Waals surface area contributed by atoms with Crippen LogP contribution >= 0.6 is 0 Å². The first-order chi connectivity index (χ1) is 20.3. The number of ether oxygens (including phenoxy) is 2. The maximum atomic E-state index is 14.0. The second-order valence-electron chi connectivity index (χ2n) is 13.4. The third-order valence-corrected chi connectivity index (χ3v) is 8.46. The molecule has 8 heteroatoms. The highest BCUT2D eigenvalue weighted by molar-refractivity contribution is 6.06. The number of carbonyl (C=O) groups excluding carboxylic acids is 2. The molecule has 0 saturated carbocycles. The van der Waals surface area contributed by atoms with Gasteiger partial charge >= 0.3 is 5.97 Å². The highest BCUT2D eigenvalue weighted by Crippen LogP contribution is 2.55. The molecule has 1 heterocycles. The number of nitrogens with zero attached hydrogens (tertiary/aromatic N) is 1. The number of hydrogen-bond donors (Lipinski definition) is 1. The minimum Gasteiger partial charge on any atom is -0.490 e. The van der Waals surface area contributed by atoms with Crippen LogP contribution in [0.25, 0.3) is 0 Å². The summed E-state index contributed by atoms with van der Waals surface area (Å²) in [7, 11) is 0. The number of rotatable bonds is 9. The van der Waals surface area contributed by atoms with Crippen molar-refractivity contribution < 1.29 is 33.4 Å². The molecule has 5 rings (SSSR count). The summed E-state index contributed by atoms with van der Waals surface area (Å²) in [6.45, 7) is 10.8. The zero-order valence-corrected chi connectivity index (χ0v) is 25.6. The molecular formula is C35H40FNO6. The van der Waals surface area contributed by atoms with Crippen LogP contribution in [-0.4, -0.2) is 40.7 Å². The number of aliphatic carboxylic acids is 1. The van der Waals surface area contributed by atoms with E-state index in [4.69, 9.17) is 9.47 Å². The first-order valence-electron chi connectivity index (χ1n) is 14.9. The van der Waals surface area contributed by atoms with Gasteiger partial charge in [-0.05, 0) is 66.0 Å². The van der Waals surface area contributed by atoms with Gasteiger partial charge in [-0.2, -0.15) is 0 Å². The molecule has 1 aliphatic heterocycles. The fourth-order valence-corrected chi connectivity index (χ4v) is 6.74. The van der Waals surface area contributed by atoms with Gasteiger partial charge in [0.2, 0.25) is 0 Å². The number of allylic oxidation sites excluding steroid dienone is 4. The number of carboxylic acid groups (broad SMARTS) is 1.